The Labute approximate surface area is 135 Å². The van der Waals surface area contributed by atoms with Crippen LogP contribution in [-0.2, 0) is 6.54 Å². The molecule has 2 rings (SSSR count). The highest BCUT2D eigenvalue weighted by atomic mass is 32.2. The first kappa shape index (κ1) is 16.8. The van der Waals surface area contributed by atoms with Crippen molar-refractivity contribution in [1.29, 1.82) is 0 Å². The molecule has 0 radical (unpaired) electrons. The molecule has 0 bridgehead atoms. The van der Waals surface area contributed by atoms with Crippen LogP contribution in [0.1, 0.15) is 60.7 Å². The molecule has 0 aliphatic carbocycles. The monoisotopic (exact) mass is 320 g/mol. The fraction of sp³-hybridized carbons (Fsp3) is 0.562. The zero-order valence-electron chi connectivity index (χ0n) is 13.9. The SMILES string of the molecule is CCCn1c(C)cc(C(=O)CSc2n[nH]c(C(C)C)n2)c1C. The van der Waals surface area contributed by atoms with Gasteiger partial charge in [0.25, 0.3) is 0 Å². The van der Waals surface area contributed by atoms with Crippen LogP contribution in [0.5, 0.6) is 0 Å². The number of ketones is 1. The number of hydrogen-bond acceptors (Lipinski definition) is 4. The Hall–Kier alpha value is -1.56. The summed E-state index contributed by atoms with van der Waals surface area (Å²) >= 11 is 1.39. The third-order valence-corrected chi connectivity index (χ3v) is 4.53. The van der Waals surface area contributed by atoms with E-state index in [1.54, 1.807) is 0 Å². The van der Waals surface area contributed by atoms with Gasteiger partial charge in [0.2, 0.25) is 5.16 Å². The fourth-order valence-electron chi connectivity index (χ4n) is 2.44. The number of hydrogen-bond donors (Lipinski definition) is 1. The molecule has 22 heavy (non-hydrogen) atoms. The second-order valence-corrected chi connectivity index (χ2v) is 6.75. The smallest absolute Gasteiger partial charge is 0.208 e. The lowest BCUT2D eigenvalue weighted by atomic mass is 10.2. The van der Waals surface area contributed by atoms with Gasteiger partial charge in [-0.25, -0.2) is 4.98 Å². The largest absolute Gasteiger partial charge is 0.348 e. The summed E-state index contributed by atoms with van der Waals surface area (Å²) in [5, 5.41) is 7.70. The standard InChI is InChI=1S/C16H24N4OS/c1-6-7-20-11(4)8-13(12(20)5)14(21)9-22-16-17-15(10(2)3)18-19-16/h8,10H,6-7,9H2,1-5H3,(H,17,18,19). The first-order chi connectivity index (χ1) is 10.4. The molecule has 0 aliphatic heterocycles. The number of aromatic amines is 1. The molecule has 0 atom stereocenters. The maximum atomic E-state index is 12.4. The van der Waals surface area contributed by atoms with Crippen LogP contribution in [0.2, 0.25) is 0 Å². The summed E-state index contributed by atoms with van der Waals surface area (Å²) in [5.41, 5.74) is 3.02. The topological polar surface area (TPSA) is 63.6 Å². The van der Waals surface area contributed by atoms with E-state index >= 15 is 0 Å². The molecule has 0 aromatic carbocycles. The van der Waals surface area contributed by atoms with Crippen molar-refractivity contribution >= 4 is 17.5 Å². The predicted octanol–water partition coefficient (Wildman–Crippen LogP) is 3.73. The second kappa shape index (κ2) is 7.13. The quantitative estimate of drug-likeness (QED) is 0.623. The molecule has 0 aliphatic rings. The Morgan fingerprint density at radius 3 is 2.73 bits per heavy atom. The minimum atomic E-state index is 0.136. The van der Waals surface area contributed by atoms with Gasteiger partial charge >= 0.3 is 0 Å². The highest BCUT2D eigenvalue weighted by Gasteiger charge is 2.16. The summed E-state index contributed by atoms with van der Waals surface area (Å²) < 4.78 is 2.21. The normalized spacial score (nSPS) is 11.4. The molecule has 0 amide bonds. The number of rotatable bonds is 7. The number of H-pyrrole nitrogens is 1. The third kappa shape index (κ3) is 3.61. The van der Waals surface area contributed by atoms with Gasteiger partial charge in [0.15, 0.2) is 5.78 Å². The van der Waals surface area contributed by atoms with Crippen molar-refractivity contribution in [2.24, 2.45) is 0 Å². The van der Waals surface area contributed by atoms with Crippen molar-refractivity contribution in [3.8, 4) is 0 Å². The lowest BCUT2D eigenvalue weighted by molar-refractivity contribution is 0.102. The summed E-state index contributed by atoms with van der Waals surface area (Å²) in [6, 6.07) is 1.99. The van der Waals surface area contributed by atoms with Gasteiger partial charge < -0.3 is 4.57 Å². The minimum absolute atomic E-state index is 0.136. The van der Waals surface area contributed by atoms with Gasteiger partial charge in [0.1, 0.15) is 5.82 Å². The van der Waals surface area contributed by atoms with E-state index in [2.05, 4.69) is 47.4 Å². The van der Waals surface area contributed by atoms with Crippen LogP contribution in [0.4, 0.5) is 0 Å². The van der Waals surface area contributed by atoms with Gasteiger partial charge in [-0.3, -0.25) is 9.89 Å². The summed E-state index contributed by atoms with van der Waals surface area (Å²) in [5.74, 6) is 1.67. The van der Waals surface area contributed by atoms with Gasteiger partial charge in [-0.1, -0.05) is 32.5 Å². The number of aromatic nitrogens is 4. The van der Waals surface area contributed by atoms with Crippen LogP contribution in [0, 0.1) is 13.8 Å². The zero-order chi connectivity index (χ0) is 16.3. The van der Waals surface area contributed by atoms with E-state index in [9.17, 15) is 4.79 Å². The Morgan fingerprint density at radius 2 is 2.14 bits per heavy atom. The van der Waals surface area contributed by atoms with Crippen molar-refractivity contribution in [1.82, 2.24) is 19.7 Å². The van der Waals surface area contributed by atoms with Gasteiger partial charge in [-0.2, -0.15) is 0 Å². The van der Waals surface area contributed by atoms with Crippen molar-refractivity contribution < 1.29 is 4.79 Å². The van der Waals surface area contributed by atoms with Crippen LogP contribution >= 0.6 is 11.8 Å². The van der Waals surface area contributed by atoms with Crippen LogP contribution < -0.4 is 0 Å². The van der Waals surface area contributed by atoms with E-state index in [4.69, 9.17) is 0 Å². The van der Waals surface area contributed by atoms with Crippen LogP contribution in [0.15, 0.2) is 11.2 Å². The lowest BCUT2D eigenvalue weighted by Gasteiger charge is -2.07. The molecule has 1 N–H and O–H groups in total. The molecule has 5 nitrogen and oxygen atoms in total. The van der Waals surface area contributed by atoms with E-state index in [-0.39, 0.29) is 5.78 Å². The predicted molar refractivity (Wildman–Crippen MR) is 89.7 cm³/mol. The summed E-state index contributed by atoms with van der Waals surface area (Å²) in [6.45, 7) is 11.3. The average molecular weight is 320 g/mol. The molecule has 0 spiro atoms. The third-order valence-electron chi connectivity index (χ3n) is 3.68. The second-order valence-electron chi connectivity index (χ2n) is 5.81. The highest BCUT2D eigenvalue weighted by Crippen LogP contribution is 2.21. The molecule has 2 heterocycles. The van der Waals surface area contributed by atoms with Crippen molar-refractivity contribution in [2.75, 3.05) is 5.75 Å². The van der Waals surface area contributed by atoms with Crippen LogP contribution in [0.3, 0.4) is 0 Å². The zero-order valence-corrected chi connectivity index (χ0v) is 14.8. The van der Waals surface area contributed by atoms with Crippen LogP contribution in [-0.4, -0.2) is 31.3 Å². The highest BCUT2D eigenvalue weighted by molar-refractivity contribution is 7.99. The Balaban J connectivity index is 2.04. The van der Waals surface area contributed by atoms with Crippen molar-refractivity contribution in [3.63, 3.8) is 0 Å². The number of carbonyl (C=O) groups is 1. The molecule has 2 aromatic heterocycles. The van der Waals surface area contributed by atoms with Crippen molar-refractivity contribution in [3.05, 3.63) is 28.8 Å². The first-order valence-electron chi connectivity index (χ1n) is 7.69. The minimum Gasteiger partial charge on any atom is -0.348 e. The molecule has 0 saturated carbocycles. The molecule has 120 valence electrons. The summed E-state index contributed by atoms with van der Waals surface area (Å²) in [6.07, 6.45) is 1.06. The van der Waals surface area contributed by atoms with E-state index < -0.39 is 0 Å². The maximum Gasteiger partial charge on any atom is 0.208 e. The van der Waals surface area contributed by atoms with E-state index in [0.29, 0.717) is 16.8 Å². The Bertz CT molecular complexity index is 657. The van der Waals surface area contributed by atoms with Crippen LogP contribution in [0.25, 0.3) is 0 Å². The van der Waals surface area contributed by atoms with Gasteiger partial charge in [-0.15, -0.1) is 5.10 Å². The fourth-order valence-corrected chi connectivity index (χ4v) is 3.13. The number of nitrogens with zero attached hydrogens (tertiary/aromatic N) is 3. The van der Waals surface area contributed by atoms with Gasteiger partial charge in [0.05, 0.1) is 5.75 Å². The number of Topliss-reactive ketones (excluding diaryl/α,β-unsaturated/α-hetero) is 1. The van der Waals surface area contributed by atoms with Crippen molar-refractivity contribution in [2.45, 2.75) is 58.7 Å². The summed E-state index contributed by atoms with van der Waals surface area (Å²) in [4.78, 5) is 16.8. The number of aryl methyl sites for hydroxylation is 1. The summed E-state index contributed by atoms with van der Waals surface area (Å²) in [7, 11) is 0. The molecular formula is C16H24N4OS. The van der Waals surface area contributed by atoms with E-state index in [1.165, 1.54) is 11.8 Å². The first-order valence-corrected chi connectivity index (χ1v) is 8.67. The average Bonchev–Trinajstić information content (AvgIpc) is 3.05. The maximum absolute atomic E-state index is 12.4. The lowest BCUT2D eigenvalue weighted by Crippen LogP contribution is -2.06. The molecular weight excluding hydrogens is 296 g/mol. The molecule has 0 fully saturated rings. The number of nitrogens with one attached hydrogen (secondary N) is 1. The Morgan fingerprint density at radius 1 is 1.41 bits per heavy atom. The number of carbonyl (C=O) groups excluding carboxylic acids is 1. The van der Waals surface area contributed by atoms with Gasteiger partial charge in [0, 0.05) is 29.4 Å². The molecule has 0 unspecified atom stereocenters. The van der Waals surface area contributed by atoms with E-state index in [1.807, 2.05) is 13.0 Å². The molecule has 0 saturated heterocycles. The number of thioether (sulfide) groups is 1. The Kier molecular flexibility index (Phi) is 5.45. The van der Waals surface area contributed by atoms with E-state index in [0.717, 1.165) is 35.7 Å². The molecule has 2 aromatic rings. The van der Waals surface area contributed by atoms with Gasteiger partial charge in [-0.05, 0) is 26.3 Å². The molecule has 6 heteroatoms.